The zero-order valence-electron chi connectivity index (χ0n) is 49.6. The minimum atomic E-state index is -0.176. The Kier molecular flexibility index (Phi) is 12.6. The van der Waals surface area contributed by atoms with Crippen LogP contribution in [0.25, 0.3) is 70.0 Å². The summed E-state index contributed by atoms with van der Waals surface area (Å²) >= 11 is 1.87. The lowest BCUT2D eigenvalue weighted by Gasteiger charge is -2.31. The van der Waals surface area contributed by atoms with Crippen LogP contribution in [0.2, 0.25) is 0 Å². The minimum Gasteiger partial charge on any atom is -0.457 e. The van der Waals surface area contributed by atoms with Crippen LogP contribution >= 0.6 is 11.3 Å². The molecule has 0 saturated carbocycles. The second kappa shape index (κ2) is 19.0. The lowest BCUT2D eigenvalue weighted by Crippen LogP contribution is -2.26. The van der Waals surface area contributed by atoms with Gasteiger partial charge in [-0.25, -0.2) is 4.98 Å². The molecule has 0 fully saturated rings. The van der Waals surface area contributed by atoms with Gasteiger partial charge in [-0.05, 0) is 139 Å². The second-order valence-electron chi connectivity index (χ2n) is 27.5. The molecule has 0 aliphatic carbocycles. The number of rotatable bonds is 7. The molecule has 1 aliphatic heterocycles. The van der Waals surface area contributed by atoms with Crippen molar-refractivity contribution in [3.8, 4) is 39.6 Å². The van der Waals surface area contributed by atoms with E-state index in [0.29, 0.717) is 6.67 Å². The molecule has 0 radical (unpaired) electrons. The molecule has 0 spiro atoms. The van der Waals surface area contributed by atoms with Gasteiger partial charge in [-0.3, -0.25) is 4.57 Å². The average molecular weight is 1070 g/mol. The molecule has 11 aromatic rings. The molecular formula is C74H76N4OS. The van der Waals surface area contributed by atoms with Gasteiger partial charge in [-0.1, -0.05) is 189 Å². The molecule has 0 amide bonds. The molecule has 0 bridgehead atoms. The van der Waals surface area contributed by atoms with Crippen LogP contribution < -0.4 is 14.5 Å². The van der Waals surface area contributed by atoms with E-state index in [9.17, 15) is 0 Å². The van der Waals surface area contributed by atoms with Crippen molar-refractivity contribution in [2.24, 2.45) is 0 Å². The highest BCUT2D eigenvalue weighted by Crippen LogP contribution is 2.53. The van der Waals surface area contributed by atoms with E-state index in [1.165, 1.54) is 86.7 Å². The number of fused-ring (bicyclic) bond motifs is 8. The monoisotopic (exact) mass is 1070 g/mol. The molecule has 0 saturated heterocycles. The van der Waals surface area contributed by atoms with Crippen LogP contribution in [0, 0.1) is 0 Å². The third kappa shape index (κ3) is 9.53. The van der Waals surface area contributed by atoms with Crippen LogP contribution in [0.15, 0.2) is 176 Å². The van der Waals surface area contributed by atoms with Crippen LogP contribution in [0.3, 0.4) is 0 Å². The van der Waals surface area contributed by atoms with E-state index in [0.717, 1.165) is 45.4 Å². The Balaban J connectivity index is 1.01. The highest BCUT2D eigenvalue weighted by atomic mass is 32.1. The standard InChI is InChI=1S/C74H76N4OS/c1-70(2,3)48-28-24-46(25-29-48)59-40-52(74(13,14)15)41-60(47-26-30-49(31-27-47)71(4,5)6)68(59)77-45-76(61-21-17-18-22-62(61)77)53-38-51(73(10,11)12)39-55(43-53)79-54-32-33-58-64(44-54)78(66-42-50(36-37-75-66)72(7,8)9)63-35-34-57-56-20-16-19-23-65(56)80-69(57)67(58)63/h16-44H,45H2,1-15H3. The van der Waals surface area contributed by atoms with Gasteiger partial charge in [-0.2, -0.15) is 0 Å². The Morgan fingerprint density at radius 1 is 0.425 bits per heavy atom. The van der Waals surface area contributed by atoms with Gasteiger partial charge in [0.1, 0.15) is 24.0 Å². The number of aromatic nitrogens is 2. The van der Waals surface area contributed by atoms with Crippen molar-refractivity contribution in [2.45, 2.75) is 131 Å². The van der Waals surface area contributed by atoms with E-state index < -0.39 is 0 Å². The highest BCUT2D eigenvalue weighted by molar-refractivity contribution is 7.26. The number of ether oxygens (including phenoxy) is 1. The Labute approximate surface area is 478 Å². The molecule has 1 aliphatic rings. The van der Waals surface area contributed by atoms with Crippen molar-refractivity contribution in [1.29, 1.82) is 0 Å². The number of hydrogen-bond donors (Lipinski definition) is 0. The summed E-state index contributed by atoms with van der Waals surface area (Å²) < 4.78 is 12.1. The van der Waals surface area contributed by atoms with Crippen molar-refractivity contribution in [2.75, 3.05) is 16.5 Å². The first-order valence-electron chi connectivity index (χ1n) is 28.5. The largest absolute Gasteiger partial charge is 0.457 e. The number of benzene rings is 8. The third-order valence-electron chi connectivity index (χ3n) is 16.5. The third-order valence-corrected chi connectivity index (χ3v) is 17.7. The van der Waals surface area contributed by atoms with E-state index in [1.54, 1.807) is 0 Å². The van der Waals surface area contributed by atoms with E-state index in [1.807, 2.05) is 17.5 Å². The first-order chi connectivity index (χ1) is 37.8. The Hall–Kier alpha value is -7.67. The van der Waals surface area contributed by atoms with Gasteiger partial charge in [0, 0.05) is 66.1 Å². The summed E-state index contributed by atoms with van der Waals surface area (Å²) in [5.74, 6) is 2.45. The predicted molar refractivity (Wildman–Crippen MR) is 344 cm³/mol. The Morgan fingerprint density at radius 2 is 0.975 bits per heavy atom. The van der Waals surface area contributed by atoms with E-state index in [4.69, 9.17) is 9.72 Å². The van der Waals surface area contributed by atoms with Crippen LogP contribution in [0.1, 0.15) is 132 Å². The Morgan fingerprint density at radius 3 is 1.57 bits per heavy atom. The number of thiophene rings is 1. The van der Waals surface area contributed by atoms with Gasteiger partial charge in [0.15, 0.2) is 0 Å². The fraction of sp³-hybridized carbons (Fsp3) is 0.284. The summed E-state index contributed by atoms with van der Waals surface area (Å²) in [4.78, 5) is 10.1. The predicted octanol–water partition coefficient (Wildman–Crippen LogP) is 21.4. The number of anilines is 4. The molecule has 6 heteroatoms. The summed E-state index contributed by atoms with van der Waals surface area (Å²) in [6, 6.07) is 63.8. The van der Waals surface area contributed by atoms with E-state index in [-0.39, 0.29) is 27.1 Å². The van der Waals surface area contributed by atoms with Gasteiger partial charge in [-0.15, -0.1) is 11.3 Å². The number of pyridine rings is 1. The lowest BCUT2D eigenvalue weighted by molar-refractivity contribution is 0.479. The van der Waals surface area contributed by atoms with Gasteiger partial charge >= 0.3 is 0 Å². The van der Waals surface area contributed by atoms with Crippen LogP contribution in [-0.2, 0) is 27.1 Å². The van der Waals surface area contributed by atoms with Crippen molar-refractivity contribution in [3.63, 3.8) is 0 Å². The van der Waals surface area contributed by atoms with Crippen molar-refractivity contribution >= 4 is 76.1 Å². The average Bonchev–Trinajstić information content (AvgIpc) is 4.28. The summed E-state index contributed by atoms with van der Waals surface area (Å²) in [7, 11) is 0. The zero-order chi connectivity index (χ0) is 56.4. The molecule has 8 aromatic carbocycles. The molecule has 12 rings (SSSR count). The summed E-state index contributed by atoms with van der Waals surface area (Å²) in [5.41, 5.74) is 17.7. The van der Waals surface area contributed by atoms with E-state index in [2.05, 4.69) is 288 Å². The SMILES string of the molecule is CC(C)(C)c1ccc(-c2cc(C(C)(C)C)cc(-c3ccc(C(C)(C)C)cc3)c2N2CN(c3cc(Oc4ccc5c6c7sc8ccccc8c7ccc6n(-c6cc(C(C)(C)C)ccn6)c5c4)cc(C(C)(C)C)c3)c3ccccc32)cc1. The molecule has 0 N–H and O–H groups in total. The smallest absolute Gasteiger partial charge is 0.137 e. The molecule has 404 valence electrons. The highest BCUT2D eigenvalue weighted by Gasteiger charge is 2.34. The Bertz CT molecular complexity index is 4120. The fourth-order valence-electron chi connectivity index (χ4n) is 11.7. The summed E-state index contributed by atoms with van der Waals surface area (Å²) in [6.45, 7) is 35.0. The van der Waals surface area contributed by atoms with Crippen molar-refractivity contribution in [1.82, 2.24) is 9.55 Å². The van der Waals surface area contributed by atoms with Crippen LogP contribution in [0.4, 0.5) is 22.7 Å². The van der Waals surface area contributed by atoms with Crippen LogP contribution in [0.5, 0.6) is 11.5 Å². The van der Waals surface area contributed by atoms with Crippen LogP contribution in [-0.4, -0.2) is 16.2 Å². The maximum atomic E-state index is 7.22. The normalized spacial score (nSPS) is 13.6. The molecule has 4 heterocycles. The number of hydrogen-bond acceptors (Lipinski definition) is 5. The summed E-state index contributed by atoms with van der Waals surface area (Å²) in [6.07, 6.45) is 1.96. The molecule has 0 unspecified atom stereocenters. The van der Waals surface area contributed by atoms with Gasteiger partial charge in [0.05, 0.1) is 28.1 Å². The van der Waals surface area contributed by atoms with E-state index >= 15 is 0 Å². The fourth-order valence-corrected chi connectivity index (χ4v) is 12.9. The first kappa shape index (κ1) is 53.0. The van der Waals surface area contributed by atoms with Crippen molar-refractivity contribution in [3.05, 3.63) is 204 Å². The zero-order valence-corrected chi connectivity index (χ0v) is 50.4. The van der Waals surface area contributed by atoms with Gasteiger partial charge in [0.2, 0.25) is 0 Å². The number of para-hydroxylation sites is 2. The molecule has 3 aromatic heterocycles. The molecule has 5 nitrogen and oxygen atoms in total. The number of nitrogens with zero attached hydrogens (tertiary/aromatic N) is 4. The first-order valence-corrected chi connectivity index (χ1v) is 29.3. The second-order valence-corrected chi connectivity index (χ2v) is 28.5. The quantitative estimate of drug-likeness (QED) is 0.159. The molecular weight excluding hydrogens is 993 g/mol. The maximum absolute atomic E-state index is 7.22. The molecule has 0 atom stereocenters. The van der Waals surface area contributed by atoms with Crippen molar-refractivity contribution < 1.29 is 4.74 Å². The topological polar surface area (TPSA) is 33.5 Å². The molecule has 80 heavy (non-hydrogen) atoms. The summed E-state index contributed by atoms with van der Waals surface area (Å²) in [5, 5.41) is 4.99. The van der Waals surface area contributed by atoms with Gasteiger partial charge < -0.3 is 14.5 Å². The lowest BCUT2D eigenvalue weighted by atomic mass is 9.81. The van der Waals surface area contributed by atoms with Gasteiger partial charge in [0.25, 0.3) is 0 Å². The minimum absolute atomic E-state index is 0.0308. The maximum Gasteiger partial charge on any atom is 0.137 e.